The molecule has 0 aliphatic carbocycles. The van der Waals surface area contributed by atoms with Crippen LogP contribution in [-0.2, 0) is 14.2 Å². The van der Waals surface area contributed by atoms with E-state index in [-0.39, 0.29) is 12.2 Å². The summed E-state index contributed by atoms with van der Waals surface area (Å²) < 4.78 is 16.9. The second-order valence-electron chi connectivity index (χ2n) is 4.44. The van der Waals surface area contributed by atoms with E-state index in [1.807, 2.05) is 30.3 Å². The lowest BCUT2D eigenvalue weighted by Crippen LogP contribution is -2.52. The molecule has 0 aromatic heterocycles. The van der Waals surface area contributed by atoms with Gasteiger partial charge in [0.05, 0.1) is 12.7 Å². The molecule has 4 atom stereocenters. The van der Waals surface area contributed by atoms with Crippen LogP contribution in [0.1, 0.15) is 18.3 Å². The topological polar surface area (TPSA) is 47.9 Å². The van der Waals surface area contributed by atoms with E-state index in [0.717, 1.165) is 5.56 Å². The second kappa shape index (κ2) is 4.74. The molecule has 0 unspecified atom stereocenters. The quantitative estimate of drug-likeness (QED) is 0.797. The van der Waals surface area contributed by atoms with Gasteiger partial charge in [-0.3, -0.25) is 0 Å². The van der Waals surface area contributed by atoms with Crippen LogP contribution in [0.4, 0.5) is 0 Å². The smallest absolute Gasteiger partial charge is 0.184 e. The zero-order chi connectivity index (χ0) is 11.7. The molecule has 1 N–H and O–H groups in total. The van der Waals surface area contributed by atoms with E-state index in [4.69, 9.17) is 14.2 Å². The van der Waals surface area contributed by atoms with E-state index in [1.165, 1.54) is 0 Å². The van der Waals surface area contributed by atoms with Crippen molar-refractivity contribution in [3.63, 3.8) is 0 Å². The van der Waals surface area contributed by atoms with E-state index in [2.05, 4.69) is 0 Å². The molecule has 3 rings (SSSR count). The van der Waals surface area contributed by atoms with Crippen molar-refractivity contribution in [3.8, 4) is 0 Å². The fraction of sp³-hybridized carbons (Fsp3) is 0.538. The summed E-state index contributed by atoms with van der Waals surface area (Å²) in [6.45, 7) is 1.05. The number of hydrogen-bond donors (Lipinski definition) is 1. The molecule has 4 nitrogen and oxygen atoms in total. The molecule has 0 bridgehead atoms. The van der Waals surface area contributed by atoms with Crippen LogP contribution in [-0.4, -0.2) is 36.6 Å². The molecule has 2 aliphatic rings. The SMILES string of the molecule is O[C@@H]1CCO[C@@H]2CO[C@H](c3ccccc3)O[C@H]12. The highest BCUT2D eigenvalue weighted by Crippen LogP contribution is 2.31. The predicted octanol–water partition coefficient (Wildman–Crippen LogP) is 1.25. The number of aliphatic hydroxyl groups is 1. The monoisotopic (exact) mass is 236 g/mol. The van der Waals surface area contributed by atoms with Crippen LogP contribution < -0.4 is 0 Å². The summed E-state index contributed by atoms with van der Waals surface area (Å²) in [4.78, 5) is 0. The van der Waals surface area contributed by atoms with Gasteiger partial charge in [0.15, 0.2) is 6.29 Å². The molecule has 17 heavy (non-hydrogen) atoms. The highest BCUT2D eigenvalue weighted by Gasteiger charge is 2.40. The van der Waals surface area contributed by atoms with Crippen molar-refractivity contribution in [1.29, 1.82) is 0 Å². The molecule has 92 valence electrons. The summed E-state index contributed by atoms with van der Waals surface area (Å²) in [6, 6.07) is 9.76. The maximum absolute atomic E-state index is 9.91. The molecule has 1 aromatic rings. The van der Waals surface area contributed by atoms with Crippen LogP contribution in [0.5, 0.6) is 0 Å². The Morgan fingerprint density at radius 3 is 2.76 bits per heavy atom. The Morgan fingerprint density at radius 1 is 1.12 bits per heavy atom. The normalized spacial score (nSPS) is 37.5. The van der Waals surface area contributed by atoms with Crippen molar-refractivity contribution < 1.29 is 19.3 Å². The third-order valence-electron chi connectivity index (χ3n) is 3.26. The zero-order valence-corrected chi connectivity index (χ0v) is 9.49. The molecule has 0 spiro atoms. The molecule has 0 saturated carbocycles. The predicted molar refractivity (Wildman–Crippen MR) is 60.4 cm³/mol. The summed E-state index contributed by atoms with van der Waals surface area (Å²) >= 11 is 0. The van der Waals surface area contributed by atoms with Gasteiger partial charge in [-0.15, -0.1) is 0 Å². The van der Waals surface area contributed by atoms with Gasteiger partial charge < -0.3 is 19.3 Å². The number of rotatable bonds is 1. The van der Waals surface area contributed by atoms with Crippen molar-refractivity contribution in [3.05, 3.63) is 35.9 Å². The van der Waals surface area contributed by atoms with Gasteiger partial charge in [0.2, 0.25) is 0 Å². The van der Waals surface area contributed by atoms with Crippen LogP contribution in [0.2, 0.25) is 0 Å². The summed E-state index contributed by atoms with van der Waals surface area (Å²) in [5.74, 6) is 0. The highest BCUT2D eigenvalue weighted by molar-refractivity contribution is 5.16. The lowest BCUT2D eigenvalue weighted by atomic mass is 10.0. The lowest BCUT2D eigenvalue weighted by Gasteiger charge is -2.41. The number of ether oxygens (including phenoxy) is 3. The number of fused-ring (bicyclic) bond motifs is 1. The molecular formula is C13H16O4. The Balaban J connectivity index is 1.74. The van der Waals surface area contributed by atoms with Crippen LogP contribution in [0.15, 0.2) is 30.3 Å². The molecule has 0 radical (unpaired) electrons. The van der Waals surface area contributed by atoms with Crippen LogP contribution in [0.3, 0.4) is 0 Å². The Hall–Kier alpha value is -0.940. The fourth-order valence-corrected chi connectivity index (χ4v) is 2.32. The molecule has 1 aromatic carbocycles. The van der Waals surface area contributed by atoms with E-state index in [0.29, 0.717) is 19.6 Å². The van der Waals surface area contributed by atoms with Crippen molar-refractivity contribution in [2.24, 2.45) is 0 Å². The summed E-state index contributed by atoms with van der Waals surface area (Å²) in [7, 11) is 0. The lowest BCUT2D eigenvalue weighted by molar-refractivity contribution is -0.298. The van der Waals surface area contributed by atoms with Crippen molar-refractivity contribution in [2.45, 2.75) is 31.0 Å². The second-order valence-corrected chi connectivity index (χ2v) is 4.44. The molecular weight excluding hydrogens is 220 g/mol. The summed E-state index contributed by atoms with van der Waals surface area (Å²) in [6.07, 6.45) is -0.637. The van der Waals surface area contributed by atoms with Gasteiger partial charge in [0.1, 0.15) is 12.2 Å². The Labute approximate surface area is 100 Å². The minimum absolute atomic E-state index is 0.140. The maximum atomic E-state index is 9.91. The van der Waals surface area contributed by atoms with Crippen LogP contribution >= 0.6 is 0 Å². The molecule has 2 saturated heterocycles. The Morgan fingerprint density at radius 2 is 1.94 bits per heavy atom. The Bertz CT molecular complexity index is 367. The fourth-order valence-electron chi connectivity index (χ4n) is 2.32. The third kappa shape index (κ3) is 2.21. The minimum Gasteiger partial charge on any atom is -0.390 e. The molecule has 2 aliphatic heterocycles. The number of hydrogen-bond acceptors (Lipinski definition) is 4. The zero-order valence-electron chi connectivity index (χ0n) is 9.49. The van der Waals surface area contributed by atoms with E-state index in [1.54, 1.807) is 0 Å². The van der Waals surface area contributed by atoms with Crippen molar-refractivity contribution in [2.75, 3.05) is 13.2 Å². The molecule has 2 fully saturated rings. The molecule has 2 heterocycles. The Kier molecular flexibility index (Phi) is 3.11. The van der Waals surface area contributed by atoms with Crippen molar-refractivity contribution in [1.82, 2.24) is 0 Å². The van der Waals surface area contributed by atoms with Gasteiger partial charge in [0.25, 0.3) is 0 Å². The first-order chi connectivity index (χ1) is 8.34. The highest BCUT2D eigenvalue weighted by atomic mass is 16.7. The third-order valence-corrected chi connectivity index (χ3v) is 3.26. The van der Waals surface area contributed by atoms with Crippen LogP contribution in [0.25, 0.3) is 0 Å². The summed E-state index contributed by atoms with van der Waals surface area (Å²) in [5, 5.41) is 9.91. The van der Waals surface area contributed by atoms with Gasteiger partial charge >= 0.3 is 0 Å². The van der Waals surface area contributed by atoms with E-state index in [9.17, 15) is 5.11 Å². The summed E-state index contributed by atoms with van der Waals surface area (Å²) in [5.41, 5.74) is 0.976. The minimum atomic E-state index is -0.455. The van der Waals surface area contributed by atoms with Crippen LogP contribution in [0, 0.1) is 0 Å². The molecule has 4 heteroatoms. The first-order valence-corrected chi connectivity index (χ1v) is 5.96. The van der Waals surface area contributed by atoms with Gasteiger partial charge in [-0.05, 0) is 6.42 Å². The molecule has 0 amide bonds. The number of aliphatic hydroxyl groups excluding tert-OH is 1. The van der Waals surface area contributed by atoms with Gasteiger partial charge in [-0.1, -0.05) is 30.3 Å². The van der Waals surface area contributed by atoms with E-state index < -0.39 is 12.4 Å². The standard InChI is InChI=1S/C13H16O4/c14-10-6-7-15-11-8-16-13(17-12(10)11)9-4-2-1-3-5-9/h1-5,10-14H,6-8H2/t10-,11-,12-,13+/m1/s1. The average molecular weight is 236 g/mol. The average Bonchev–Trinajstić information content (AvgIpc) is 2.40. The van der Waals surface area contributed by atoms with Gasteiger partial charge in [0, 0.05) is 12.2 Å². The first-order valence-electron chi connectivity index (χ1n) is 5.96. The largest absolute Gasteiger partial charge is 0.390 e. The number of benzene rings is 1. The van der Waals surface area contributed by atoms with Gasteiger partial charge in [-0.2, -0.15) is 0 Å². The first kappa shape index (κ1) is 11.2. The van der Waals surface area contributed by atoms with E-state index >= 15 is 0 Å². The maximum Gasteiger partial charge on any atom is 0.184 e. The van der Waals surface area contributed by atoms with Gasteiger partial charge in [-0.25, -0.2) is 0 Å². The van der Waals surface area contributed by atoms with Crippen molar-refractivity contribution >= 4 is 0 Å².